The largest absolute Gasteiger partial charge is 0.478 e. The molecule has 0 aliphatic rings. The normalized spacial score (nSPS) is 10.8. The Morgan fingerprint density at radius 3 is 2.59 bits per heavy atom. The maximum absolute atomic E-state index is 11.0. The van der Waals surface area contributed by atoms with E-state index in [1.54, 1.807) is 16.9 Å². The van der Waals surface area contributed by atoms with Gasteiger partial charge < -0.3 is 10.0 Å². The molecule has 6 nitrogen and oxygen atoms in total. The van der Waals surface area contributed by atoms with E-state index < -0.39 is 5.97 Å². The van der Waals surface area contributed by atoms with Crippen molar-refractivity contribution in [2.75, 3.05) is 19.0 Å². The zero-order chi connectivity index (χ0) is 15.7. The second kappa shape index (κ2) is 5.48. The summed E-state index contributed by atoms with van der Waals surface area (Å²) in [5.41, 5.74) is 3.10. The van der Waals surface area contributed by atoms with Crippen LogP contribution in [0.3, 0.4) is 0 Å². The van der Waals surface area contributed by atoms with Gasteiger partial charge in [0.2, 0.25) is 0 Å². The lowest BCUT2D eigenvalue weighted by atomic mass is 10.2. The van der Waals surface area contributed by atoms with Gasteiger partial charge in [-0.1, -0.05) is 12.1 Å². The Balaban J connectivity index is 1.89. The number of carboxylic acids is 1. The van der Waals surface area contributed by atoms with Crippen LogP contribution < -0.4 is 4.90 Å². The molecule has 0 fully saturated rings. The summed E-state index contributed by atoms with van der Waals surface area (Å²) in [7, 11) is 4.00. The van der Waals surface area contributed by atoms with Gasteiger partial charge in [-0.3, -0.25) is 0 Å². The molecule has 0 radical (unpaired) electrons. The predicted octanol–water partition coefficient (Wildman–Crippen LogP) is 2.24. The van der Waals surface area contributed by atoms with E-state index in [4.69, 9.17) is 5.11 Å². The van der Waals surface area contributed by atoms with Gasteiger partial charge in [-0.15, -0.1) is 0 Å². The number of anilines is 1. The minimum atomic E-state index is -0.985. The van der Waals surface area contributed by atoms with Crippen LogP contribution in [-0.4, -0.2) is 39.9 Å². The first-order chi connectivity index (χ1) is 10.5. The molecule has 2 heterocycles. The van der Waals surface area contributed by atoms with Crippen LogP contribution in [0.4, 0.5) is 5.69 Å². The van der Waals surface area contributed by atoms with Crippen LogP contribution in [0.5, 0.6) is 0 Å². The monoisotopic (exact) mass is 296 g/mol. The Morgan fingerprint density at radius 1 is 1.23 bits per heavy atom. The minimum Gasteiger partial charge on any atom is -0.478 e. The number of pyridine rings is 1. The summed E-state index contributed by atoms with van der Waals surface area (Å²) in [6.07, 6.45) is 3.00. The van der Waals surface area contributed by atoms with Gasteiger partial charge in [0.1, 0.15) is 0 Å². The van der Waals surface area contributed by atoms with Crippen LogP contribution in [0.1, 0.15) is 15.9 Å². The van der Waals surface area contributed by atoms with E-state index in [1.165, 1.54) is 6.20 Å². The van der Waals surface area contributed by atoms with Crippen LogP contribution in [0, 0.1) is 0 Å². The number of rotatable bonds is 4. The zero-order valence-electron chi connectivity index (χ0n) is 12.4. The van der Waals surface area contributed by atoms with Crippen LogP contribution in [0.2, 0.25) is 0 Å². The summed E-state index contributed by atoms with van der Waals surface area (Å²) in [6.45, 7) is 0.594. The number of aromatic nitrogens is 3. The first kappa shape index (κ1) is 14.1. The number of hydrogen-bond donors (Lipinski definition) is 1. The van der Waals surface area contributed by atoms with Crippen molar-refractivity contribution in [3.05, 3.63) is 53.9 Å². The second-order valence-corrected chi connectivity index (χ2v) is 5.31. The van der Waals surface area contributed by atoms with Crippen molar-refractivity contribution < 1.29 is 9.90 Å². The molecular weight excluding hydrogens is 280 g/mol. The smallest absolute Gasteiger partial charge is 0.337 e. The number of nitrogens with zero attached hydrogens (tertiary/aromatic N) is 4. The molecule has 2 aromatic heterocycles. The molecule has 0 bridgehead atoms. The maximum Gasteiger partial charge on any atom is 0.337 e. The highest BCUT2D eigenvalue weighted by atomic mass is 16.4. The molecule has 3 aromatic rings. The van der Waals surface area contributed by atoms with Crippen LogP contribution in [-0.2, 0) is 6.54 Å². The van der Waals surface area contributed by atoms with Gasteiger partial charge >= 0.3 is 5.97 Å². The number of carboxylic acid groups (broad SMARTS) is 1. The van der Waals surface area contributed by atoms with E-state index in [0.29, 0.717) is 12.2 Å². The van der Waals surface area contributed by atoms with Crippen LogP contribution in [0.15, 0.2) is 42.7 Å². The molecule has 1 N–H and O–H groups in total. The summed E-state index contributed by atoms with van der Waals surface area (Å²) >= 11 is 0. The molecule has 22 heavy (non-hydrogen) atoms. The maximum atomic E-state index is 11.0. The molecule has 6 heteroatoms. The Bertz CT molecular complexity index is 822. The Labute approximate surface area is 127 Å². The van der Waals surface area contributed by atoms with E-state index >= 15 is 0 Å². The summed E-state index contributed by atoms with van der Waals surface area (Å²) in [6, 6.07) is 9.79. The quantitative estimate of drug-likeness (QED) is 0.799. The summed E-state index contributed by atoms with van der Waals surface area (Å²) < 4.78 is 1.77. The second-order valence-electron chi connectivity index (χ2n) is 5.31. The highest BCUT2D eigenvalue weighted by Crippen LogP contribution is 2.16. The Hall–Kier alpha value is -2.89. The van der Waals surface area contributed by atoms with Crippen molar-refractivity contribution in [2.24, 2.45) is 0 Å². The van der Waals surface area contributed by atoms with E-state index in [1.807, 2.05) is 19.0 Å². The van der Waals surface area contributed by atoms with Gasteiger partial charge in [0, 0.05) is 31.4 Å². The third-order valence-corrected chi connectivity index (χ3v) is 3.51. The van der Waals surface area contributed by atoms with Crippen molar-refractivity contribution in [2.45, 2.75) is 6.54 Å². The average molecular weight is 296 g/mol. The van der Waals surface area contributed by atoms with E-state index in [0.717, 1.165) is 16.6 Å². The van der Waals surface area contributed by atoms with Gasteiger partial charge in [-0.2, -0.15) is 5.10 Å². The Morgan fingerprint density at radius 2 is 1.95 bits per heavy atom. The summed E-state index contributed by atoms with van der Waals surface area (Å²) in [5.74, 6) is -0.985. The average Bonchev–Trinajstić information content (AvgIpc) is 2.90. The third-order valence-electron chi connectivity index (χ3n) is 3.51. The summed E-state index contributed by atoms with van der Waals surface area (Å²) in [4.78, 5) is 17.2. The zero-order valence-corrected chi connectivity index (χ0v) is 12.4. The number of carbonyl (C=O) groups is 1. The van der Waals surface area contributed by atoms with Crippen LogP contribution in [0.25, 0.3) is 11.0 Å². The lowest BCUT2D eigenvalue weighted by Crippen LogP contribution is -2.09. The van der Waals surface area contributed by atoms with Crippen molar-refractivity contribution in [1.82, 2.24) is 14.8 Å². The SMILES string of the molecule is CN(C)c1ccc(Cn2ncc3cc(C(=O)O)cnc32)cc1. The number of hydrogen-bond acceptors (Lipinski definition) is 4. The van der Waals surface area contributed by atoms with E-state index in [2.05, 4.69) is 34.3 Å². The van der Waals surface area contributed by atoms with Crippen molar-refractivity contribution >= 4 is 22.7 Å². The van der Waals surface area contributed by atoms with Crippen molar-refractivity contribution in [3.8, 4) is 0 Å². The molecule has 112 valence electrons. The molecule has 3 rings (SSSR count). The first-order valence-electron chi connectivity index (χ1n) is 6.86. The lowest BCUT2D eigenvalue weighted by Gasteiger charge is -2.12. The summed E-state index contributed by atoms with van der Waals surface area (Å²) in [5, 5.41) is 14.0. The van der Waals surface area contributed by atoms with Gasteiger partial charge in [-0.05, 0) is 23.8 Å². The molecule has 0 atom stereocenters. The van der Waals surface area contributed by atoms with E-state index in [9.17, 15) is 4.79 Å². The van der Waals surface area contributed by atoms with E-state index in [-0.39, 0.29) is 5.56 Å². The molecule has 0 aliphatic carbocycles. The van der Waals surface area contributed by atoms with Gasteiger partial charge in [-0.25, -0.2) is 14.5 Å². The van der Waals surface area contributed by atoms with Crippen molar-refractivity contribution in [1.29, 1.82) is 0 Å². The van der Waals surface area contributed by atoms with Crippen molar-refractivity contribution in [3.63, 3.8) is 0 Å². The van der Waals surface area contributed by atoms with Crippen LogP contribution >= 0.6 is 0 Å². The molecule has 0 spiro atoms. The fraction of sp³-hybridized carbons (Fsp3) is 0.188. The molecule has 0 saturated heterocycles. The molecule has 0 saturated carbocycles. The first-order valence-corrected chi connectivity index (χ1v) is 6.86. The van der Waals surface area contributed by atoms with Gasteiger partial charge in [0.05, 0.1) is 18.3 Å². The van der Waals surface area contributed by atoms with Gasteiger partial charge in [0.25, 0.3) is 0 Å². The standard InChI is InChI=1S/C16H16N4O2/c1-19(2)14-5-3-11(4-6-14)10-20-15-12(9-18-20)7-13(8-17-15)16(21)22/h3-9H,10H2,1-2H3,(H,21,22). The topological polar surface area (TPSA) is 71.2 Å². The molecule has 0 amide bonds. The fourth-order valence-electron chi connectivity index (χ4n) is 2.28. The molecule has 0 unspecified atom stereocenters. The predicted molar refractivity (Wildman–Crippen MR) is 84.4 cm³/mol. The highest BCUT2D eigenvalue weighted by molar-refractivity contribution is 5.91. The minimum absolute atomic E-state index is 0.169. The van der Waals surface area contributed by atoms with Gasteiger partial charge in [0.15, 0.2) is 5.65 Å². The fourth-order valence-corrected chi connectivity index (χ4v) is 2.28. The molecular formula is C16H16N4O2. The number of fused-ring (bicyclic) bond motifs is 1. The molecule has 1 aromatic carbocycles. The third kappa shape index (κ3) is 2.63. The molecule has 0 aliphatic heterocycles. The lowest BCUT2D eigenvalue weighted by molar-refractivity contribution is 0.0696. The number of benzene rings is 1. The number of aromatic carboxylic acids is 1. The highest BCUT2D eigenvalue weighted by Gasteiger charge is 2.09. The Kier molecular flexibility index (Phi) is 3.50.